The van der Waals surface area contributed by atoms with Crippen molar-refractivity contribution in [3.8, 4) is 0 Å². The van der Waals surface area contributed by atoms with Gasteiger partial charge in [0.25, 0.3) is 6.43 Å². The molecular weight excluding hydrogens is 259 g/mol. The number of carbonyl (C=O) groups is 1. The molecule has 1 rings (SSSR count). The predicted octanol–water partition coefficient (Wildman–Crippen LogP) is 2.62. The molecule has 19 heavy (non-hydrogen) atoms. The molecule has 0 aliphatic heterocycles. The van der Waals surface area contributed by atoms with E-state index in [1.54, 1.807) is 0 Å². The zero-order chi connectivity index (χ0) is 14.4. The van der Waals surface area contributed by atoms with Crippen molar-refractivity contribution in [1.29, 1.82) is 0 Å². The van der Waals surface area contributed by atoms with Crippen LogP contribution in [0.5, 0.6) is 0 Å². The summed E-state index contributed by atoms with van der Waals surface area (Å²) in [4.78, 5) is 11.6. The lowest BCUT2D eigenvalue weighted by Gasteiger charge is -2.16. The van der Waals surface area contributed by atoms with E-state index in [1.165, 1.54) is 36.2 Å². The summed E-state index contributed by atoms with van der Waals surface area (Å²) in [5.41, 5.74) is 0.691. The molecule has 1 aromatic rings. The van der Waals surface area contributed by atoms with Crippen LogP contribution in [-0.2, 0) is 11.3 Å². The molecule has 1 aromatic carbocycles. The lowest BCUT2D eigenvalue weighted by atomic mass is 10.1. The number of halogens is 3. The first-order valence-corrected chi connectivity index (χ1v) is 5.54. The fraction of sp³-hybridized carbons (Fsp3) is 0.308. The second kappa shape index (κ2) is 6.94. The molecule has 0 aromatic heterocycles. The molecule has 0 fully saturated rings. The van der Waals surface area contributed by atoms with Gasteiger partial charge in [0, 0.05) is 18.2 Å². The molecule has 1 N–H and O–H groups in total. The van der Waals surface area contributed by atoms with Gasteiger partial charge in [0.05, 0.1) is 6.54 Å². The first-order chi connectivity index (χ1) is 8.88. The van der Waals surface area contributed by atoms with Crippen LogP contribution in [0.3, 0.4) is 0 Å². The molecule has 104 valence electrons. The molecule has 0 aliphatic carbocycles. The third kappa shape index (κ3) is 5.56. The average Bonchev–Trinajstić information content (AvgIpc) is 2.28. The van der Waals surface area contributed by atoms with Crippen LogP contribution in [-0.4, -0.2) is 36.0 Å². The van der Waals surface area contributed by atoms with Crippen molar-refractivity contribution in [2.75, 3.05) is 13.6 Å². The molecule has 0 bridgehead atoms. The summed E-state index contributed by atoms with van der Waals surface area (Å²) in [6.45, 7) is -0.362. The molecule has 0 saturated carbocycles. The molecule has 6 heteroatoms. The first-order valence-electron chi connectivity index (χ1n) is 5.54. The van der Waals surface area contributed by atoms with Crippen molar-refractivity contribution < 1.29 is 23.1 Å². The van der Waals surface area contributed by atoms with Crippen LogP contribution in [0.25, 0.3) is 6.08 Å². The van der Waals surface area contributed by atoms with Gasteiger partial charge in [-0.1, -0.05) is 12.1 Å². The number of carboxylic acids is 1. The van der Waals surface area contributed by atoms with Gasteiger partial charge in [0.15, 0.2) is 0 Å². The Labute approximate surface area is 109 Å². The Morgan fingerprint density at radius 3 is 2.68 bits per heavy atom. The number of alkyl halides is 2. The quantitative estimate of drug-likeness (QED) is 0.810. The van der Waals surface area contributed by atoms with Gasteiger partial charge in [-0.2, -0.15) is 0 Å². The van der Waals surface area contributed by atoms with Gasteiger partial charge in [0.2, 0.25) is 0 Å². The van der Waals surface area contributed by atoms with Crippen LogP contribution in [0, 0.1) is 5.82 Å². The van der Waals surface area contributed by atoms with Gasteiger partial charge < -0.3 is 5.11 Å². The van der Waals surface area contributed by atoms with Crippen LogP contribution < -0.4 is 0 Å². The highest BCUT2D eigenvalue weighted by molar-refractivity contribution is 5.85. The minimum absolute atomic E-state index is 0.0685. The monoisotopic (exact) mass is 273 g/mol. The zero-order valence-corrected chi connectivity index (χ0v) is 10.3. The fourth-order valence-corrected chi connectivity index (χ4v) is 1.55. The highest BCUT2D eigenvalue weighted by atomic mass is 19.3. The van der Waals surface area contributed by atoms with Gasteiger partial charge in [-0.25, -0.2) is 18.0 Å². The number of nitrogens with zero attached hydrogens (tertiary/aromatic N) is 1. The second-order valence-corrected chi connectivity index (χ2v) is 4.11. The number of carboxylic acid groups (broad SMARTS) is 1. The summed E-state index contributed by atoms with van der Waals surface area (Å²) in [5, 5.41) is 8.44. The van der Waals surface area contributed by atoms with Crippen molar-refractivity contribution in [2.45, 2.75) is 13.0 Å². The Morgan fingerprint density at radius 2 is 2.16 bits per heavy atom. The van der Waals surface area contributed by atoms with E-state index in [9.17, 15) is 18.0 Å². The van der Waals surface area contributed by atoms with Crippen molar-refractivity contribution in [1.82, 2.24) is 4.90 Å². The summed E-state index contributed by atoms with van der Waals surface area (Å²) >= 11 is 0. The maximum atomic E-state index is 13.7. The third-order valence-electron chi connectivity index (χ3n) is 2.39. The first kappa shape index (κ1) is 15.2. The van der Waals surface area contributed by atoms with Crippen LogP contribution in [0.1, 0.15) is 11.1 Å². The Kier molecular flexibility index (Phi) is 5.57. The normalized spacial score (nSPS) is 11.7. The highest BCUT2D eigenvalue weighted by Crippen LogP contribution is 2.14. The summed E-state index contributed by atoms with van der Waals surface area (Å²) in [5.74, 6) is -1.67. The van der Waals surface area contributed by atoms with E-state index in [4.69, 9.17) is 5.11 Å². The van der Waals surface area contributed by atoms with Gasteiger partial charge in [-0.05, 0) is 24.8 Å². The largest absolute Gasteiger partial charge is 0.478 e. The third-order valence-corrected chi connectivity index (χ3v) is 2.39. The number of rotatable bonds is 6. The van der Waals surface area contributed by atoms with Crippen LogP contribution >= 0.6 is 0 Å². The fourth-order valence-electron chi connectivity index (χ4n) is 1.55. The molecular formula is C13H14F3NO2. The zero-order valence-electron chi connectivity index (χ0n) is 10.3. The van der Waals surface area contributed by atoms with Gasteiger partial charge in [-0.3, -0.25) is 4.90 Å². The van der Waals surface area contributed by atoms with E-state index in [0.29, 0.717) is 5.56 Å². The molecule has 3 nitrogen and oxygen atoms in total. The number of hydrogen-bond acceptors (Lipinski definition) is 2. The standard InChI is InChI=1S/C13H14F3NO2/c1-17(8-12(15)16)7-10-4-2-9(6-11(10)14)3-5-13(18)19/h2-6,12H,7-8H2,1H3,(H,18,19)/b5-3+. The number of aliphatic carboxylic acids is 1. The van der Waals surface area contributed by atoms with E-state index in [0.717, 1.165) is 6.08 Å². The van der Waals surface area contributed by atoms with E-state index in [-0.39, 0.29) is 12.1 Å². The van der Waals surface area contributed by atoms with Crippen LogP contribution in [0.2, 0.25) is 0 Å². The smallest absolute Gasteiger partial charge is 0.328 e. The van der Waals surface area contributed by atoms with Crippen LogP contribution in [0.15, 0.2) is 24.3 Å². The minimum Gasteiger partial charge on any atom is -0.478 e. The molecule has 0 radical (unpaired) electrons. The lowest BCUT2D eigenvalue weighted by molar-refractivity contribution is -0.131. The topological polar surface area (TPSA) is 40.5 Å². The van der Waals surface area contributed by atoms with Crippen LogP contribution in [0.4, 0.5) is 13.2 Å². The van der Waals surface area contributed by atoms with Gasteiger partial charge in [-0.15, -0.1) is 0 Å². The maximum absolute atomic E-state index is 13.7. The predicted molar refractivity (Wildman–Crippen MR) is 65.4 cm³/mol. The Morgan fingerprint density at radius 1 is 1.47 bits per heavy atom. The number of hydrogen-bond donors (Lipinski definition) is 1. The van der Waals surface area contributed by atoms with Crippen molar-refractivity contribution in [3.63, 3.8) is 0 Å². The summed E-state index contributed by atoms with van der Waals surface area (Å²) in [7, 11) is 1.48. The molecule has 0 atom stereocenters. The Hall–Kier alpha value is -1.82. The van der Waals surface area contributed by atoms with E-state index in [1.807, 2.05) is 0 Å². The average molecular weight is 273 g/mol. The molecule has 0 unspecified atom stereocenters. The maximum Gasteiger partial charge on any atom is 0.328 e. The molecule has 0 spiro atoms. The Balaban J connectivity index is 2.74. The molecule has 0 heterocycles. The van der Waals surface area contributed by atoms with Crippen molar-refractivity contribution in [2.24, 2.45) is 0 Å². The second-order valence-electron chi connectivity index (χ2n) is 4.11. The van der Waals surface area contributed by atoms with E-state index >= 15 is 0 Å². The SMILES string of the molecule is CN(Cc1ccc(/C=C/C(=O)O)cc1F)CC(F)F. The summed E-state index contributed by atoms with van der Waals surface area (Å²) in [6, 6.07) is 4.16. The lowest BCUT2D eigenvalue weighted by Crippen LogP contribution is -2.24. The minimum atomic E-state index is -2.47. The summed E-state index contributed by atoms with van der Waals surface area (Å²) < 4.78 is 37.9. The number of benzene rings is 1. The van der Waals surface area contributed by atoms with Crippen molar-refractivity contribution in [3.05, 3.63) is 41.2 Å². The highest BCUT2D eigenvalue weighted by Gasteiger charge is 2.10. The molecule has 0 amide bonds. The van der Waals surface area contributed by atoms with Gasteiger partial charge in [0.1, 0.15) is 5.82 Å². The van der Waals surface area contributed by atoms with E-state index in [2.05, 4.69) is 0 Å². The van der Waals surface area contributed by atoms with Gasteiger partial charge >= 0.3 is 5.97 Å². The van der Waals surface area contributed by atoms with E-state index < -0.39 is 24.8 Å². The molecule has 0 aliphatic rings. The Bertz CT molecular complexity index is 475. The molecule has 0 saturated heterocycles. The van der Waals surface area contributed by atoms with Crippen molar-refractivity contribution >= 4 is 12.0 Å². The summed E-state index contributed by atoms with van der Waals surface area (Å²) in [6.07, 6.45) is -0.305.